The molecule has 1 aliphatic carbocycles. The zero-order chi connectivity index (χ0) is 12.5. The van der Waals surface area contributed by atoms with E-state index >= 15 is 0 Å². The molecular weight excluding hydrogens is 243 g/mol. The first kappa shape index (κ1) is 12.7. The quantitative estimate of drug-likeness (QED) is 0.585. The van der Waals surface area contributed by atoms with Crippen LogP contribution in [0.25, 0.3) is 0 Å². The zero-order valence-corrected chi connectivity index (χ0v) is 11.1. The van der Waals surface area contributed by atoms with Crippen molar-refractivity contribution >= 4 is 19.3 Å². The second kappa shape index (κ2) is 4.19. The Bertz CT molecular complexity index is 338. The predicted molar refractivity (Wildman–Crippen MR) is 64.1 cm³/mol. The molecule has 17 heavy (non-hydrogen) atoms. The number of carbonyl (C=O) groups excluding carboxylic acids is 2. The number of hydrogen-bond donors (Lipinski definition) is 2. The Morgan fingerprint density at radius 2 is 1.65 bits per heavy atom. The van der Waals surface area contributed by atoms with Gasteiger partial charge in [-0.15, -0.1) is 0 Å². The van der Waals surface area contributed by atoms with Crippen molar-refractivity contribution in [3.63, 3.8) is 0 Å². The fourth-order valence-corrected chi connectivity index (χ4v) is 4.86. The number of hydrogen-bond acceptors (Lipinski definition) is 6. The summed E-state index contributed by atoms with van der Waals surface area (Å²) in [4.78, 5) is 22.5. The summed E-state index contributed by atoms with van der Waals surface area (Å²) in [6.45, 7) is 1.66. The van der Waals surface area contributed by atoms with Gasteiger partial charge in [0.05, 0.1) is 0 Å². The molecule has 7 heteroatoms. The summed E-state index contributed by atoms with van der Waals surface area (Å²) in [7, 11) is -1.86. The van der Waals surface area contributed by atoms with Gasteiger partial charge in [-0.25, -0.2) is 0 Å². The molecule has 2 N–H and O–H groups in total. The van der Waals surface area contributed by atoms with Crippen LogP contribution >= 0.6 is 7.36 Å². The van der Waals surface area contributed by atoms with Gasteiger partial charge in [0.1, 0.15) is 0 Å². The summed E-state index contributed by atoms with van der Waals surface area (Å²) in [5.74, 6) is -1.83. The van der Waals surface area contributed by atoms with Crippen LogP contribution in [0.5, 0.6) is 0 Å². The molecule has 1 heterocycles. The van der Waals surface area contributed by atoms with Crippen molar-refractivity contribution in [2.24, 2.45) is 0 Å². The number of carbonyl (C=O) groups is 2. The van der Waals surface area contributed by atoms with Crippen LogP contribution in [0.1, 0.15) is 32.1 Å². The summed E-state index contributed by atoms with van der Waals surface area (Å²) in [5, 5.41) is 6.15. The third-order valence-electron chi connectivity index (χ3n) is 3.38. The maximum absolute atomic E-state index is 11.3. The molecule has 0 spiro atoms. The van der Waals surface area contributed by atoms with Crippen LogP contribution in [0.3, 0.4) is 0 Å². The fraction of sp³-hybridized carbons (Fsp3) is 0.800. The molecule has 0 atom stereocenters. The Hall–Kier alpha value is -0.710. The summed E-state index contributed by atoms with van der Waals surface area (Å²) in [5.41, 5.74) is 0. The van der Waals surface area contributed by atoms with Crippen molar-refractivity contribution in [3.05, 3.63) is 0 Å². The molecule has 6 nitrogen and oxygen atoms in total. The maximum atomic E-state index is 11.3. The first-order chi connectivity index (χ1) is 7.95. The zero-order valence-electron chi connectivity index (χ0n) is 10.2. The van der Waals surface area contributed by atoms with Gasteiger partial charge in [-0.1, -0.05) is 0 Å². The van der Waals surface area contributed by atoms with E-state index in [4.69, 9.17) is 9.05 Å². The molecule has 0 amide bonds. The first-order valence-corrected chi connectivity index (χ1v) is 8.45. The molecule has 0 radical (unpaired) electrons. The van der Waals surface area contributed by atoms with Gasteiger partial charge >= 0.3 is 100.0 Å². The molecule has 0 aromatic carbocycles. The molecule has 1 saturated carbocycles. The van der Waals surface area contributed by atoms with Gasteiger partial charge in [-0.2, -0.15) is 0 Å². The molecule has 2 fully saturated rings. The second-order valence-electron chi connectivity index (χ2n) is 4.81. The summed E-state index contributed by atoms with van der Waals surface area (Å²) >= 11 is 0. The van der Waals surface area contributed by atoms with Crippen molar-refractivity contribution in [2.75, 3.05) is 13.7 Å². The van der Waals surface area contributed by atoms with Crippen LogP contribution in [0.2, 0.25) is 0 Å². The van der Waals surface area contributed by atoms with Crippen LogP contribution in [-0.2, 0) is 18.6 Å². The molecular formula is C10H19N2O4P. The van der Waals surface area contributed by atoms with Crippen LogP contribution < -0.4 is 10.2 Å². The summed E-state index contributed by atoms with van der Waals surface area (Å²) < 4.78 is 10.4. The number of rotatable bonds is 3. The predicted octanol–water partition coefficient (Wildman–Crippen LogP) is 1.07. The SMILES string of the molecule is CNP1(C)(NC2CCCCC2)OC(=O)C(=O)O1. The van der Waals surface area contributed by atoms with Gasteiger partial charge in [0.2, 0.25) is 0 Å². The molecule has 0 aromatic heterocycles. The van der Waals surface area contributed by atoms with Gasteiger partial charge in [0.25, 0.3) is 0 Å². The topological polar surface area (TPSA) is 76.7 Å². The monoisotopic (exact) mass is 262 g/mol. The van der Waals surface area contributed by atoms with Crippen LogP contribution in [-0.4, -0.2) is 31.7 Å². The molecule has 0 unspecified atom stereocenters. The minimum absolute atomic E-state index is 0.234. The molecule has 1 saturated heterocycles. The van der Waals surface area contributed by atoms with Crippen molar-refractivity contribution in [1.29, 1.82) is 0 Å². The third-order valence-corrected chi connectivity index (χ3v) is 6.59. The van der Waals surface area contributed by atoms with Crippen molar-refractivity contribution < 1.29 is 18.6 Å². The first-order valence-electron chi connectivity index (χ1n) is 5.93. The summed E-state index contributed by atoms with van der Waals surface area (Å²) in [6, 6.07) is 0.234. The van der Waals surface area contributed by atoms with E-state index in [1.807, 2.05) is 0 Å². The van der Waals surface area contributed by atoms with E-state index < -0.39 is 19.3 Å². The van der Waals surface area contributed by atoms with E-state index in [2.05, 4.69) is 10.2 Å². The van der Waals surface area contributed by atoms with E-state index in [1.54, 1.807) is 13.7 Å². The molecule has 0 aromatic rings. The van der Waals surface area contributed by atoms with Gasteiger partial charge < -0.3 is 0 Å². The van der Waals surface area contributed by atoms with Crippen molar-refractivity contribution in [2.45, 2.75) is 38.1 Å². The Labute approximate surface area is 101 Å². The van der Waals surface area contributed by atoms with E-state index in [9.17, 15) is 9.59 Å². The van der Waals surface area contributed by atoms with Gasteiger partial charge in [-0.3, -0.25) is 0 Å². The second-order valence-corrected chi connectivity index (χ2v) is 8.61. The third kappa shape index (κ3) is 2.44. The Balaban J connectivity index is 2.13. The Morgan fingerprint density at radius 1 is 1.12 bits per heavy atom. The molecule has 2 rings (SSSR count). The molecule has 98 valence electrons. The van der Waals surface area contributed by atoms with Gasteiger partial charge in [-0.05, 0) is 0 Å². The van der Waals surface area contributed by atoms with Gasteiger partial charge in [0, 0.05) is 0 Å². The van der Waals surface area contributed by atoms with Crippen LogP contribution in [0, 0.1) is 0 Å². The minimum atomic E-state index is -3.50. The van der Waals surface area contributed by atoms with E-state index in [0.29, 0.717) is 0 Å². The number of nitrogens with one attached hydrogen (secondary N) is 2. The van der Waals surface area contributed by atoms with E-state index in [1.165, 1.54) is 6.42 Å². The van der Waals surface area contributed by atoms with Crippen LogP contribution in [0.15, 0.2) is 0 Å². The van der Waals surface area contributed by atoms with E-state index in [-0.39, 0.29) is 6.04 Å². The average Bonchev–Trinajstić information content (AvgIpc) is 2.52. The van der Waals surface area contributed by atoms with E-state index in [0.717, 1.165) is 25.7 Å². The molecule has 0 bridgehead atoms. The average molecular weight is 262 g/mol. The van der Waals surface area contributed by atoms with Crippen LogP contribution in [0.4, 0.5) is 0 Å². The Kier molecular flexibility index (Phi) is 3.14. The molecule has 2 aliphatic rings. The normalized spacial score (nSPS) is 30.1. The summed E-state index contributed by atoms with van der Waals surface area (Å²) in [6.07, 6.45) is 5.56. The Morgan fingerprint density at radius 3 is 2.12 bits per heavy atom. The standard InChI is InChI=1S/C10H19N2O4P/c1-11-17(2,15-9(13)10(14)16-17)12-8-6-4-3-5-7-8/h8,11-12H,3-7H2,1-2H3. The van der Waals surface area contributed by atoms with Gasteiger partial charge in [0.15, 0.2) is 0 Å². The fourth-order valence-electron chi connectivity index (χ4n) is 2.36. The van der Waals surface area contributed by atoms with Crippen molar-refractivity contribution in [3.8, 4) is 0 Å². The molecule has 1 aliphatic heterocycles. The van der Waals surface area contributed by atoms with Crippen molar-refractivity contribution in [1.82, 2.24) is 10.2 Å².